The van der Waals surface area contributed by atoms with Gasteiger partial charge in [0.05, 0.1) is 5.69 Å². The second-order valence-corrected chi connectivity index (χ2v) is 3.16. The third-order valence-electron chi connectivity index (χ3n) is 2.06. The van der Waals surface area contributed by atoms with Crippen LogP contribution in [0.1, 0.15) is 17.1 Å². The molecule has 2 aromatic rings. The van der Waals surface area contributed by atoms with Crippen molar-refractivity contribution in [1.29, 1.82) is 0 Å². The van der Waals surface area contributed by atoms with Gasteiger partial charge >= 0.3 is 0 Å². The van der Waals surface area contributed by atoms with Gasteiger partial charge in [0.1, 0.15) is 5.82 Å². The molecule has 2 rings (SSSR count). The van der Waals surface area contributed by atoms with Gasteiger partial charge in [-0.2, -0.15) is 0 Å². The van der Waals surface area contributed by atoms with Crippen molar-refractivity contribution in [2.45, 2.75) is 0 Å². The fourth-order valence-corrected chi connectivity index (χ4v) is 1.29. The van der Waals surface area contributed by atoms with Crippen molar-refractivity contribution in [1.82, 2.24) is 9.97 Å². The lowest BCUT2D eigenvalue weighted by Crippen LogP contribution is -1.73. The molecule has 15 heavy (non-hydrogen) atoms. The Bertz CT molecular complexity index is 466. The molecule has 0 fully saturated rings. The van der Waals surface area contributed by atoms with E-state index in [1.165, 1.54) is 5.56 Å². The summed E-state index contributed by atoms with van der Waals surface area (Å²) in [6.07, 6.45) is 7.55. The third kappa shape index (κ3) is 2.44. The van der Waals surface area contributed by atoms with E-state index >= 15 is 0 Å². The van der Waals surface area contributed by atoms with E-state index in [-0.39, 0.29) is 0 Å². The Kier molecular flexibility index (Phi) is 2.79. The number of aromatic nitrogens is 2. The summed E-state index contributed by atoms with van der Waals surface area (Å²) in [4.78, 5) is 7.29. The first-order valence-electron chi connectivity index (χ1n) is 4.79. The van der Waals surface area contributed by atoms with E-state index in [0.29, 0.717) is 0 Å². The molecule has 0 saturated carbocycles. The van der Waals surface area contributed by atoms with Gasteiger partial charge in [-0.25, -0.2) is 4.98 Å². The van der Waals surface area contributed by atoms with Crippen molar-refractivity contribution in [2.75, 3.05) is 0 Å². The summed E-state index contributed by atoms with van der Waals surface area (Å²) in [6.45, 7) is 3.64. The molecule has 0 aliphatic carbocycles. The lowest BCUT2D eigenvalue weighted by atomic mass is 10.2. The van der Waals surface area contributed by atoms with Gasteiger partial charge in [-0.15, -0.1) is 0 Å². The van der Waals surface area contributed by atoms with Crippen LogP contribution in [-0.2, 0) is 0 Å². The monoisotopic (exact) mass is 196 g/mol. The number of benzene rings is 1. The van der Waals surface area contributed by atoms with Gasteiger partial charge in [-0.05, 0) is 17.7 Å². The molecule has 1 aromatic carbocycles. The van der Waals surface area contributed by atoms with Gasteiger partial charge in [0, 0.05) is 6.20 Å². The van der Waals surface area contributed by atoms with Gasteiger partial charge in [0.25, 0.3) is 0 Å². The van der Waals surface area contributed by atoms with Gasteiger partial charge in [-0.3, -0.25) is 0 Å². The Morgan fingerprint density at radius 2 is 1.93 bits per heavy atom. The Balaban J connectivity index is 2.15. The number of hydrogen-bond acceptors (Lipinski definition) is 1. The molecule has 1 heterocycles. The minimum atomic E-state index is 0.794. The summed E-state index contributed by atoms with van der Waals surface area (Å²) < 4.78 is 0. The predicted octanol–water partition coefficient (Wildman–Crippen LogP) is 3.22. The number of nitrogens with zero attached hydrogens (tertiary/aromatic N) is 1. The molecule has 0 amide bonds. The maximum atomic E-state index is 4.28. The van der Waals surface area contributed by atoms with Gasteiger partial charge in [0.2, 0.25) is 0 Å². The van der Waals surface area contributed by atoms with E-state index in [1.54, 1.807) is 6.08 Å². The summed E-state index contributed by atoms with van der Waals surface area (Å²) in [5.74, 6) is 0.794. The molecule has 0 atom stereocenters. The number of imidazole rings is 1. The number of nitrogens with one attached hydrogen (secondary N) is 1. The molecule has 74 valence electrons. The third-order valence-corrected chi connectivity index (χ3v) is 2.06. The fourth-order valence-electron chi connectivity index (χ4n) is 1.29. The highest BCUT2D eigenvalue weighted by Crippen LogP contribution is 2.06. The maximum Gasteiger partial charge on any atom is 0.130 e. The zero-order valence-electron chi connectivity index (χ0n) is 8.35. The molecule has 0 aliphatic heterocycles. The van der Waals surface area contributed by atoms with Crippen molar-refractivity contribution >= 4 is 18.2 Å². The van der Waals surface area contributed by atoms with E-state index in [9.17, 15) is 0 Å². The molecule has 2 heteroatoms. The number of H-pyrrole nitrogens is 1. The number of hydrogen-bond donors (Lipinski definition) is 1. The molecule has 0 unspecified atom stereocenters. The molecular weight excluding hydrogens is 184 g/mol. The Labute approximate surface area is 89.0 Å². The van der Waals surface area contributed by atoms with Gasteiger partial charge in [-0.1, -0.05) is 43.0 Å². The molecule has 1 aromatic heterocycles. The van der Waals surface area contributed by atoms with Crippen molar-refractivity contribution < 1.29 is 0 Å². The summed E-state index contributed by atoms with van der Waals surface area (Å²) in [6, 6.07) is 10.1. The Morgan fingerprint density at radius 1 is 1.13 bits per heavy atom. The highest BCUT2D eigenvalue weighted by atomic mass is 14.9. The molecule has 0 aliphatic rings. The van der Waals surface area contributed by atoms with Gasteiger partial charge in [0.15, 0.2) is 0 Å². The standard InChI is InChI=1S/C13H12N2/c1-2-13-14-10-12(15-13)9-8-11-6-4-3-5-7-11/h2-10H,1H2,(H,14,15). The lowest BCUT2D eigenvalue weighted by molar-refractivity contribution is 1.26. The van der Waals surface area contributed by atoms with Crippen molar-refractivity contribution in [2.24, 2.45) is 0 Å². The van der Waals surface area contributed by atoms with Crippen LogP contribution in [0, 0.1) is 0 Å². The average molecular weight is 196 g/mol. The van der Waals surface area contributed by atoms with Crippen LogP contribution in [-0.4, -0.2) is 9.97 Å². The number of rotatable bonds is 3. The molecular formula is C13H12N2. The fraction of sp³-hybridized carbons (Fsp3) is 0. The van der Waals surface area contributed by atoms with E-state index in [0.717, 1.165) is 11.5 Å². The SMILES string of the molecule is C=Cc1nc(C=Cc2ccccc2)c[nH]1. The zero-order chi connectivity index (χ0) is 10.5. The second kappa shape index (κ2) is 4.42. The normalized spacial score (nSPS) is 10.7. The average Bonchev–Trinajstić information content (AvgIpc) is 2.76. The first-order valence-corrected chi connectivity index (χ1v) is 4.79. The molecule has 0 spiro atoms. The van der Waals surface area contributed by atoms with Crippen molar-refractivity contribution in [3.8, 4) is 0 Å². The predicted molar refractivity (Wildman–Crippen MR) is 64.0 cm³/mol. The topological polar surface area (TPSA) is 28.7 Å². The van der Waals surface area contributed by atoms with Crippen LogP contribution in [0.3, 0.4) is 0 Å². The van der Waals surface area contributed by atoms with E-state index in [1.807, 2.05) is 36.5 Å². The molecule has 0 saturated heterocycles. The van der Waals surface area contributed by atoms with Crippen LogP contribution in [0.15, 0.2) is 43.1 Å². The molecule has 2 nitrogen and oxygen atoms in total. The maximum absolute atomic E-state index is 4.28. The largest absolute Gasteiger partial charge is 0.345 e. The minimum Gasteiger partial charge on any atom is -0.345 e. The smallest absolute Gasteiger partial charge is 0.130 e. The lowest BCUT2D eigenvalue weighted by Gasteiger charge is -1.89. The number of aromatic amines is 1. The summed E-state index contributed by atoms with van der Waals surface area (Å²) in [5, 5.41) is 0. The Hall–Kier alpha value is -2.09. The molecule has 0 bridgehead atoms. The van der Waals surface area contributed by atoms with E-state index in [4.69, 9.17) is 0 Å². The van der Waals surface area contributed by atoms with Crippen LogP contribution < -0.4 is 0 Å². The van der Waals surface area contributed by atoms with Crippen LogP contribution in [0.25, 0.3) is 18.2 Å². The Morgan fingerprint density at radius 3 is 2.60 bits per heavy atom. The quantitative estimate of drug-likeness (QED) is 0.802. The summed E-state index contributed by atoms with van der Waals surface area (Å²) in [5.41, 5.74) is 2.08. The van der Waals surface area contributed by atoms with E-state index in [2.05, 4.69) is 28.7 Å². The van der Waals surface area contributed by atoms with Crippen LogP contribution >= 0.6 is 0 Å². The first kappa shape index (κ1) is 9.46. The van der Waals surface area contributed by atoms with Crippen molar-refractivity contribution in [3.05, 3.63) is 60.2 Å². The van der Waals surface area contributed by atoms with Crippen LogP contribution in [0.2, 0.25) is 0 Å². The highest BCUT2D eigenvalue weighted by Gasteiger charge is 1.92. The highest BCUT2D eigenvalue weighted by molar-refractivity contribution is 5.68. The van der Waals surface area contributed by atoms with Crippen molar-refractivity contribution in [3.63, 3.8) is 0 Å². The van der Waals surface area contributed by atoms with Crippen LogP contribution in [0.4, 0.5) is 0 Å². The zero-order valence-corrected chi connectivity index (χ0v) is 8.35. The summed E-state index contributed by atoms with van der Waals surface area (Å²) >= 11 is 0. The van der Waals surface area contributed by atoms with Crippen LogP contribution in [0.5, 0.6) is 0 Å². The molecule has 0 radical (unpaired) electrons. The van der Waals surface area contributed by atoms with E-state index < -0.39 is 0 Å². The second-order valence-electron chi connectivity index (χ2n) is 3.16. The summed E-state index contributed by atoms with van der Waals surface area (Å²) in [7, 11) is 0. The minimum absolute atomic E-state index is 0.794. The van der Waals surface area contributed by atoms with Gasteiger partial charge < -0.3 is 4.98 Å². The first-order chi connectivity index (χ1) is 7.38. The molecule has 1 N–H and O–H groups in total.